The van der Waals surface area contributed by atoms with Gasteiger partial charge in [-0.1, -0.05) is 11.6 Å². The molecule has 2 rings (SSSR count). The van der Waals surface area contributed by atoms with Crippen molar-refractivity contribution in [2.24, 2.45) is 0 Å². The van der Waals surface area contributed by atoms with Gasteiger partial charge in [0.1, 0.15) is 0 Å². The van der Waals surface area contributed by atoms with Crippen LogP contribution in [0.2, 0.25) is 0 Å². The SMILES string of the molecule is CC1=CCN(CCCC(=O)Nc2ccc(N)cc2)CC1. The number of carbonyl (C=O) groups is 1. The van der Waals surface area contributed by atoms with Crippen LogP contribution in [0.25, 0.3) is 0 Å². The van der Waals surface area contributed by atoms with E-state index < -0.39 is 0 Å². The van der Waals surface area contributed by atoms with Gasteiger partial charge in [-0.25, -0.2) is 0 Å². The van der Waals surface area contributed by atoms with Crippen LogP contribution in [0.4, 0.5) is 11.4 Å². The lowest BCUT2D eigenvalue weighted by atomic mass is 10.1. The van der Waals surface area contributed by atoms with E-state index in [1.54, 1.807) is 12.1 Å². The smallest absolute Gasteiger partial charge is 0.224 e. The molecule has 1 aliphatic rings. The zero-order chi connectivity index (χ0) is 14.4. The summed E-state index contributed by atoms with van der Waals surface area (Å²) in [5.74, 6) is 0.0681. The Labute approximate surface area is 120 Å². The summed E-state index contributed by atoms with van der Waals surface area (Å²) < 4.78 is 0. The number of anilines is 2. The molecule has 0 unspecified atom stereocenters. The first-order valence-electron chi connectivity index (χ1n) is 7.17. The van der Waals surface area contributed by atoms with Crippen molar-refractivity contribution in [3.8, 4) is 0 Å². The molecule has 0 atom stereocenters. The maximum atomic E-state index is 11.8. The van der Waals surface area contributed by atoms with Crippen LogP contribution < -0.4 is 11.1 Å². The van der Waals surface area contributed by atoms with Crippen molar-refractivity contribution in [3.05, 3.63) is 35.9 Å². The van der Waals surface area contributed by atoms with Gasteiger partial charge in [-0.15, -0.1) is 0 Å². The molecule has 0 aliphatic carbocycles. The Kier molecular flexibility index (Phi) is 5.18. The fourth-order valence-corrected chi connectivity index (χ4v) is 2.27. The lowest BCUT2D eigenvalue weighted by molar-refractivity contribution is -0.116. The average Bonchev–Trinajstić information content (AvgIpc) is 2.44. The minimum Gasteiger partial charge on any atom is -0.399 e. The van der Waals surface area contributed by atoms with Crippen molar-refractivity contribution in [2.45, 2.75) is 26.2 Å². The molecule has 1 heterocycles. The maximum absolute atomic E-state index is 11.8. The predicted octanol–water partition coefficient (Wildman–Crippen LogP) is 2.64. The molecular formula is C16H23N3O. The Morgan fingerprint density at radius 2 is 2.10 bits per heavy atom. The number of hydrogen-bond donors (Lipinski definition) is 2. The van der Waals surface area contributed by atoms with Crippen molar-refractivity contribution in [2.75, 3.05) is 30.7 Å². The van der Waals surface area contributed by atoms with Crippen LogP contribution in [0, 0.1) is 0 Å². The van der Waals surface area contributed by atoms with E-state index in [-0.39, 0.29) is 5.91 Å². The zero-order valence-electron chi connectivity index (χ0n) is 12.1. The van der Waals surface area contributed by atoms with Gasteiger partial charge in [-0.05, 0) is 50.6 Å². The molecule has 108 valence electrons. The first-order chi connectivity index (χ1) is 9.63. The quantitative estimate of drug-likeness (QED) is 0.640. The van der Waals surface area contributed by atoms with E-state index >= 15 is 0 Å². The topological polar surface area (TPSA) is 58.4 Å². The number of rotatable bonds is 5. The van der Waals surface area contributed by atoms with Gasteiger partial charge in [0.05, 0.1) is 0 Å². The van der Waals surface area contributed by atoms with Gasteiger partial charge in [0.15, 0.2) is 0 Å². The highest BCUT2D eigenvalue weighted by molar-refractivity contribution is 5.90. The molecule has 1 aliphatic heterocycles. The summed E-state index contributed by atoms with van der Waals surface area (Å²) in [5, 5.41) is 2.89. The standard InChI is InChI=1S/C16H23N3O/c1-13-8-11-19(12-9-13)10-2-3-16(20)18-15-6-4-14(17)5-7-15/h4-8H,2-3,9-12,17H2,1H3,(H,18,20). The monoisotopic (exact) mass is 273 g/mol. The van der Waals surface area contributed by atoms with Crippen molar-refractivity contribution < 1.29 is 4.79 Å². The molecule has 4 nitrogen and oxygen atoms in total. The highest BCUT2D eigenvalue weighted by Crippen LogP contribution is 2.12. The molecule has 3 N–H and O–H groups in total. The summed E-state index contributed by atoms with van der Waals surface area (Å²) in [6.07, 6.45) is 4.88. The highest BCUT2D eigenvalue weighted by atomic mass is 16.1. The third kappa shape index (κ3) is 4.70. The molecule has 0 saturated carbocycles. The van der Waals surface area contributed by atoms with Crippen LogP contribution >= 0.6 is 0 Å². The lowest BCUT2D eigenvalue weighted by Crippen LogP contribution is -2.30. The second kappa shape index (κ2) is 7.10. The van der Waals surface area contributed by atoms with E-state index in [2.05, 4.69) is 23.2 Å². The van der Waals surface area contributed by atoms with Crippen LogP contribution in [0.1, 0.15) is 26.2 Å². The number of nitrogens with one attached hydrogen (secondary N) is 1. The molecule has 0 bridgehead atoms. The minimum absolute atomic E-state index is 0.0681. The Morgan fingerprint density at radius 1 is 1.35 bits per heavy atom. The highest BCUT2D eigenvalue weighted by Gasteiger charge is 2.09. The van der Waals surface area contributed by atoms with Crippen molar-refractivity contribution in [1.82, 2.24) is 4.90 Å². The van der Waals surface area contributed by atoms with Gasteiger partial charge < -0.3 is 11.1 Å². The summed E-state index contributed by atoms with van der Waals surface area (Å²) in [7, 11) is 0. The van der Waals surface area contributed by atoms with Crippen LogP contribution in [0.5, 0.6) is 0 Å². The van der Waals surface area contributed by atoms with Crippen LogP contribution in [-0.4, -0.2) is 30.4 Å². The van der Waals surface area contributed by atoms with E-state index in [1.807, 2.05) is 12.1 Å². The summed E-state index contributed by atoms with van der Waals surface area (Å²) in [5.41, 5.74) is 8.59. The van der Waals surface area contributed by atoms with Gasteiger partial charge in [0.25, 0.3) is 0 Å². The summed E-state index contributed by atoms with van der Waals surface area (Å²) in [6, 6.07) is 7.23. The van der Waals surface area contributed by atoms with E-state index in [9.17, 15) is 4.79 Å². The van der Waals surface area contributed by atoms with E-state index in [1.165, 1.54) is 5.57 Å². The number of benzene rings is 1. The Balaban J connectivity index is 1.66. The van der Waals surface area contributed by atoms with Gasteiger partial charge in [-0.2, -0.15) is 0 Å². The Morgan fingerprint density at radius 3 is 2.75 bits per heavy atom. The number of nitrogens with two attached hydrogens (primary N) is 1. The second-order valence-corrected chi connectivity index (χ2v) is 5.37. The van der Waals surface area contributed by atoms with E-state index in [4.69, 9.17) is 5.73 Å². The molecule has 0 fully saturated rings. The first-order valence-corrected chi connectivity index (χ1v) is 7.17. The van der Waals surface area contributed by atoms with Crippen molar-refractivity contribution in [1.29, 1.82) is 0 Å². The number of carbonyl (C=O) groups excluding carboxylic acids is 1. The molecule has 0 spiro atoms. The fourth-order valence-electron chi connectivity index (χ4n) is 2.27. The maximum Gasteiger partial charge on any atom is 0.224 e. The average molecular weight is 273 g/mol. The van der Waals surface area contributed by atoms with Crippen LogP contribution in [-0.2, 0) is 4.79 Å². The molecule has 0 radical (unpaired) electrons. The van der Waals surface area contributed by atoms with Crippen LogP contribution in [0.3, 0.4) is 0 Å². The minimum atomic E-state index is 0.0681. The third-order valence-corrected chi connectivity index (χ3v) is 3.59. The number of nitrogens with zero attached hydrogens (tertiary/aromatic N) is 1. The van der Waals surface area contributed by atoms with Gasteiger partial charge in [0.2, 0.25) is 5.91 Å². The Bertz CT molecular complexity index is 479. The molecule has 0 aromatic heterocycles. The van der Waals surface area contributed by atoms with E-state index in [0.29, 0.717) is 12.1 Å². The van der Waals surface area contributed by atoms with E-state index in [0.717, 1.165) is 38.2 Å². The molecular weight excluding hydrogens is 250 g/mol. The largest absolute Gasteiger partial charge is 0.399 e. The van der Waals surface area contributed by atoms with Crippen LogP contribution in [0.15, 0.2) is 35.9 Å². The normalized spacial score (nSPS) is 15.8. The molecule has 1 aromatic rings. The molecule has 0 saturated heterocycles. The molecule has 20 heavy (non-hydrogen) atoms. The van der Waals surface area contributed by atoms with Crippen molar-refractivity contribution >= 4 is 17.3 Å². The fraction of sp³-hybridized carbons (Fsp3) is 0.438. The van der Waals surface area contributed by atoms with Gasteiger partial charge in [0, 0.05) is 30.9 Å². The first kappa shape index (κ1) is 14.6. The third-order valence-electron chi connectivity index (χ3n) is 3.59. The van der Waals surface area contributed by atoms with Gasteiger partial charge in [-0.3, -0.25) is 9.69 Å². The summed E-state index contributed by atoms with van der Waals surface area (Å²) >= 11 is 0. The summed E-state index contributed by atoms with van der Waals surface area (Å²) in [4.78, 5) is 14.2. The predicted molar refractivity (Wildman–Crippen MR) is 83.5 cm³/mol. The number of amides is 1. The number of hydrogen-bond acceptors (Lipinski definition) is 3. The molecule has 1 amide bonds. The second-order valence-electron chi connectivity index (χ2n) is 5.37. The summed E-state index contributed by atoms with van der Waals surface area (Å²) in [6.45, 7) is 5.30. The number of nitrogen functional groups attached to an aromatic ring is 1. The van der Waals surface area contributed by atoms with Crippen molar-refractivity contribution in [3.63, 3.8) is 0 Å². The Hall–Kier alpha value is -1.81. The lowest BCUT2D eigenvalue weighted by Gasteiger charge is -2.24. The molecule has 1 aromatic carbocycles. The molecule has 4 heteroatoms. The zero-order valence-corrected chi connectivity index (χ0v) is 12.1. The van der Waals surface area contributed by atoms with Gasteiger partial charge >= 0.3 is 0 Å².